The van der Waals surface area contributed by atoms with Gasteiger partial charge in [0, 0.05) is 24.5 Å². The summed E-state index contributed by atoms with van der Waals surface area (Å²) in [7, 11) is 1.66. The number of benzene rings is 2. The van der Waals surface area contributed by atoms with E-state index in [1.165, 1.54) is 10.9 Å². The van der Waals surface area contributed by atoms with Gasteiger partial charge in [0.15, 0.2) is 0 Å². The number of aromatic nitrogens is 2. The lowest BCUT2D eigenvalue weighted by Crippen LogP contribution is -2.13. The molecule has 2 aromatic carbocycles. The molecule has 0 atom stereocenters. The molecule has 3 aromatic rings. The van der Waals surface area contributed by atoms with Crippen molar-refractivity contribution in [2.45, 2.75) is 6.67 Å². The van der Waals surface area contributed by atoms with E-state index in [0.29, 0.717) is 5.69 Å². The van der Waals surface area contributed by atoms with Crippen LogP contribution < -0.4 is 5.32 Å². The Bertz CT molecular complexity index is 827. The maximum atomic E-state index is 13.0. The van der Waals surface area contributed by atoms with Crippen LogP contribution in [0.25, 0.3) is 11.1 Å². The number of hydrogen-bond acceptors (Lipinski definition) is 2. The molecule has 4 nitrogen and oxygen atoms in total. The number of aryl methyl sites for hydroxylation is 1. The van der Waals surface area contributed by atoms with Gasteiger partial charge in [0.25, 0.3) is 5.91 Å². The quantitative estimate of drug-likeness (QED) is 0.796. The molecule has 0 saturated carbocycles. The zero-order chi connectivity index (χ0) is 16.2. The largest absolute Gasteiger partial charge is 0.321 e. The molecule has 5 heteroatoms. The lowest BCUT2D eigenvalue weighted by Gasteiger charge is -2.11. The number of alkyl halides is 1. The fourth-order valence-electron chi connectivity index (χ4n) is 2.47. The summed E-state index contributed by atoms with van der Waals surface area (Å²) in [5.41, 5.74) is 2.98. The van der Waals surface area contributed by atoms with Gasteiger partial charge < -0.3 is 5.32 Å². The number of carbonyl (C=O) groups excluding carboxylic acids is 1. The van der Waals surface area contributed by atoms with Gasteiger partial charge in [-0.25, -0.2) is 4.39 Å². The van der Waals surface area contributed by atoms with E-state index >= 15 is 0 Å². The van der Waals surface area contributed by atoms with Gasteiger partial charge in [-0.1, -0.05) is 48.5 Å². The first-order valence-corrected chi connectivity index (χ1v) is 7.23. The molecule has 0 radical (unpaired) electrons. The Morgan fingerprint density at radius 3 is 2.57 bits per heavy atom. The Labute approximate surface area is 133 Å². The highest BCUT2D eigenvalue weighted by molar-refractivity contribution is 6.06. The van der Waals surface area contributed by atoms with Crippen LogP contribution in [0.2, 0.25) is 0 Å². The summed E-state index contributed by atoms with van der Waals surface area (Å²) in [6.07, 6.45) is 1.52. The highest BCUT2D eigenvalue weighted by atomic mass is 19.1. The predicted octanol–water partition coefficient (Wildman–Crippen LogP) is 3.81. The number of anilines is 1. The number of nitrogens with one attached hydrogen (secondary N) is 1. The van der Waals surface area contributed by atoms with Crippen LogP contribution in [0, 0.1) is 0 Å². The monoisotopic (exact) mass is 309 g/mol. The van der Waals surface area contributed by atoms with Crippen LogP contribution in [0.4, 0.5) is 10.1 Å². The van der Waals surface area contributed by atoms with Gasteiger partial charge in [0.1, 0.15) is 12.4 Å². The Kier molecular flexibility index (Phi) is 4.19. The van der Waals surface area contributed by atoms with E-state index in [4.69, 9.17) is 0 Å². The number of rotatable bonds is 4. The predicted molar refractivity (Wildman–Crippen MR) is 87.9 cm³/mol. The molecule has 0 aliphatic carbocycles. The summed E-state index contributed by atoms with van der Waals surface area (Å²) < 4.78 is 14.4. The van der Waals surface area contributed by atoms with Crippen molar-refractivity contribution in [1.29, 1.82) is 0 Å². The van der Waals surface area contributed by atoms with Crippen LogP contribution in [0.15, 0.2) is 60.8 Å². The van der Waals surface area contributed by atoms with E-state index in [-0.39, 0.29) is 17.2 Å². The SMILES string of the molecule is Cn1cc(C(=O)Nc2ccccc2-c2ccccc2)c(CF)n1. The number of hydrogen-bond donors (Lipinski definition) is 1. The molecular weight excluding hydrogens is 293 g/mol. The average Bonchev–Trinajstić information content (AvgIpc) is 2.97. The number of para-hydroxylation sites is 1. The van der Waals surface area contributed by atoms with E-state index in [1.807, 2.05) is 54.6 Å². The molecular formula is C18H16FN3O. The van der Waals surface area contributed by atoms with Crippen molar-refractivity contribution in [2.24, 2.45) is 7.05 Å². The van der Waals surface area contributed by atoms with E-state index in [0.717, 1.165) is 11.1 Å². The third-order valence-corrected chi connectivity index (χ3v) is 3.54. The van der Waals surface area contributed by atoms with Gasteiger partial charge in [-0.2, -0.15) is 5.10 Å². The lowest BCUT2D eigenvalue weighted by molar-refractivity contribution is 0.102. The normalized spacial score (nSPS) is 10.5. The highest BCUT2D eigenvalue weighted by Gasteiger charge is 2.17. The number of carbonyl (C=O) groups is 1. The van der Waals surface area contributed by atoms with E-state index in [1.54, 1.807) is 7.05 Å². The first kappa shape index (κ1) is 15.0. The molecule has 116 valence electrons. The molecule has 3 rings (SSSR count). The molecule has 0 bridgehead atoms. The Hall–Kier alpha value is -2.95. The Morgan fingerprint density at radius 2 is 1.83 bits per heavy atom. The van der Waals surface area contributed by atoms with Crippen molar-refractivity contribution in [3.8, 4) is 11.1 Å². The fraction of sp³-hybridized carbons (Fsp3) is 0.111. The molecule has 0 unspecified atom stereocenters. The van der Waals surface area contributed by atoms with Crippen LogP contribution in [0.3, 0.4) is 0 Å². The van der Waals surface area contributed by atoms with Crippen molar-refractivity contribution in [3.05, 3.63) is 72.1 Å². The number of halogens is 1. The molecule has 1 heterocycles. The minimum atomic E-state index is -0.774. The van der Waals surface area contributed by atoms with Crippen molar-refractivity contribution < 1.29 is 9.18 Å². The van der Waals surface area contributed by atoms with Gasteiger partial charge in [-0.15, -0.1) is 0 Å². The molecule has 0 spiro atoms. The van der Waals surface area contributed by atoms with Gasteiger partial charge >= 0.3 is 0 Å². The van der Waals surface area contributed by atoms with Crippen molar-refractivity contribution in [1.82, 2.24) is 9.78 Å². The second kappa shape index (κ2) is 6.44. The first-order chi connectivity index (χ1) is 11.2. The van der Waals surface area contributed by atoms with Crippen LogP contribution in [0.5, 0.6) is 0 Å². The van der Waals surface area contributed by atoms with E-state index in [9.17, 15) is 9.18 Å². The molecule has 1 amide bonds. The average molecular weight is 309 g/mol. The van der Waals surface area contributed by atoms with Gasteiger partial charge in [0.05, 0.1) is 5.56 Å². The summed E-state index contributed by atoms with van der Waals surface area (Å²) in [4.78, 5) is 12.5. The standard InChI is InChI=1S/C18H16FN3O/c1-22-12-15(17(11-19)21-22)18(23)20-16-10-6-5-9-14(16)13-7-3-2-4-8-13/h2-10,12H,11H2,1H3,(H,20,23). The van der Waals surface area contributed by atoms with E-state index < -0.39 is 6.67 Å². The zero-order valence-electron chi connectivity index (χ0n) is 12.7. The minimum absolute atomic E-state index is 0.141. The van der Waals surface area contributed by atoms with Crippen LogP contribution in [-0.2, 0) is 13.7 Å². The second-order valence-corrected chi connectivity index (χ2v) is 5.16. The molecule has 0 saturated heterocycles. The smallest absolute Gasteiger partial charge is 0.259 e. The summed E-state index contributed by atoms with van der Waals surface area (Å²) in [6.45, 7) is -0.774. The number of amides is 1. The minimum Gasteiger partial charge on any atom is -0.321 e. The summed E-state index contributed by atoms with van der Waals surface area (Å²) in [6, 6.07) is 17.3. The van der Waals surface area contributed by atoms with Crippen LogP contribution >= 0.6 is 0 Å². The summed E-state index contributed by atoms with van der Waals surface area (Å²) >= 11 is 0. The third-order valence-electron chi connectivity index (χ3n) is 3.54. The van der Waals surface area contributed by atoms with Crippen LogP contribution in [-0.4, -0.2) is 15.7 Å². The Morgan fingerprint density at radius 1 is 1.13 bits per heavy atom. The summed E-state index contributed by atoms with van der Waals surface area (Å²) in [5, 5.41) is 6.81. The fourth-order valence-corrected chi connectivity index (χ4v) is 2.47. The molecule has 23 heavy (non-hydrogen) atoms. The van der Waals surface area contributed by atoms with E-state index in [2.05, 4.69) is 10.4 Å². The third kappa shape index (κ3) is 3.13. The maximum absolute atomic E-state index is 13.0. The van der Waals surface area contributed by atoms with Gasteiger partial charge in [-0.05, 0) is 11.6 Å². The lowest BCUT2D eigenvalue weighted by atomic mass is 10.0. The van der Waals surface area contributed by atoms with Gasteiger partial charge in [-0.3, -0.25) is 9.48 Å². The topological polar surface area (TPSA) is 46.9 Å². The molecule has 0 aliphatic rings. The first-order valence-electron chi connectivity index (χ1n) is 7.23. The molecule has 0 aliphatic heterocycles. The second-order valence-electron chi connectivity index (χ2n) is 5.16. The van der Waals surface area contributed by atoms with Crippen molar-refractivity contribution in [2.75, 3.05) is 5.32 Å². The molecule has 1 N–H and O–H groups in total. The Balaban J connectivity index is 1.93. The van der Waals surface area contributed by atoms with Crippen molar-refractivity contribution in [3.63, 3.8) is 0 Å². The zero-order valence-corrected chi connectivity index (χ0v) is 12.7. The number of nitrogens with zero attached hydrogens (tertiary/aromatic N) is 2. The molecule has 1 aromatic heterocycles. The summed E-state index contributed by atoms with van der Waals surface area (Å²) in [5.74, 6) is -0.367. The highest BCUT2D eigenvalue weighted by Crippen LogP contribution is 2.28. The van der Waals surface area contributed by atoms with Gasteiger partial charge in [0.2, 0.25) is 0 Å². The van der Waals surface area contributed by atoms with Crippen LogP contribution in [0.1, 0.15) is 16.1 Å². The maximum Gasteiger partial charge on any atom is 0.259 e. The van der Waals surface area contributed by atoms with Crippen molar-refractivity contribution >= 4 is 11.6 Å². The molecule has 0 fully saturated rings.